The monoisotopic (exact) mass is 1010 g/mol. The van der Waals surface area contributed by atoms with Crippen LogP contribution in [-0.4, -0.2) is 146 Å². The van der Waals surface area contributed by atoms with Crippen LogP contribution in [0.1, 0.15) is 123 Å². The van der Waals surface area contributed by atoms with Gasteiger partial charge in [0.1, 0.15) is 24.4 Å². The molecular weight excluding hydrogens is 965 g/mol. The number of unbranched alkanes of at least 4 members (excludes halogenated alkanes) is 2. The van der Waals surface area contributed by atoms with Gasteiger partial charge in [-0.1, -0.05) is 11.5 Å². The van der Waals surface area contributed by atoms with Gasteiger partial charge >= 0.3 is 23.9 Å². The zero-order chi connectivity index (χ0) is 52.5. The zero-order valence-corrected chi connectivity index (χ0v) is 38.2. The van der Waals surface area contributed by atoms with Crippen LogP contribution in [-0.2, 0) is 76.9 Å². The summed E-state index contributed by atoms with van der Waals surface area (Å²) in [6.07, 6.45) is -4.43. The molecule has 72 heavy (non-hydrogen) atoms. The van der Waals surface area contributed by atoms with Crippen LogP contribution in [0.3, 0.4) is 0 Å². The van der Waals surface area contributed by atoms with Crippen LogP contribution in [0, 0.1) is 0 Å². The van der Waals surface area contributed by atoms with Gasteiger partial charge in [-0.15, -0.1) is 20.3 Å². The lowest BCUT2D eigenvalue weighted by atomic mass is 10.1. The Morgan fingerprint density at radius 1 is 0.625 bits per heavy atom. The topological polar surface area (TPSA) is 403 Å². The molecule has 4 saturated heterocycles. The molecule has 4 N–H and O–H groups in total. The molecule has 3 atom stereocenters. The van der Waals surface area contributed by atoms with Crippen molar-refractivity contribution in [2.75, 3.05) is 19.7 Å². The number of ether oxygens (including phenoxy) is 1. The minimum Gasteiger partial charge on any atom is -0.492 e. The molecule has 4 aliphatic heterocycles. The molecule has 3 unspecified atom stereocenters. The number of carbonyl (C=O) groups is 14. The second-order valence-corrected chi connectivity index (χ2v) is 16.1. The van der Waals surface area contributed by atoms with Crippen molar-refractivity contribution >= 4 is 82.9 Å². The SMILES string of the molecule is [N-]=[N+]=NCCCCCC(=O)NCCOc1cc(C(=O)NC(CCC(=O)ON2C(=O)CCC2=O)C(=O)ON2C(=O)CCC2=O)cc(C(=O)NC(CCC(=O)ON2C(=O)CCC2O)C(=O)ON2C(=O)CCC2=O)c1. The van der Waals surface area contributed by atoms with E-state index in [1.807, 2.05) is 0 Å². The van der Waals surface area contributed by atoms with E-state index in [2.05, 4.69) is 26.0 Å². The Labute approximate surface area is 406 Å². The summed E-state index contributed by atoms with van der Waals surface area (Å²) in [5.74, 6) is -14.2. The number of carbonyl (C=O) groups excluding carboxylic acids is 14. The Morgan fingerprint density at radius 3 is 1.56 bits per heavy atom. The van der Waals surface area contributed by atoms with Gasteiger partial charge in [0, 0.05) is 80.4 Å². The summed E-state index contributed by atoms with van der Waals surface area (Å²) in [4.78, 5) is 201. The van der Waals surface area contributed by atoms with Crippen molar-refractivity contribution in [3.63, 3.8) is 0 Å². The molecule has 0 saturated carbocycles. The quantitative estimate of drug-likeness (QED) is 0.0285. The fraction of sp³-hybridized carbons (Fsp3) is 0.524. The Balaban J connectivity index is 1.38. The number of hydroxylamine groups is 8. The summed E-state index contributed by atoms with van der Waals surface area (Å²) in [6.45, 7) is -0.128. The Kier molecular flexibility index (Phi) is 19.6. The van der Waals surface area contributed by atoms with E-state index < -0.39 is 132 Å². The van der Waals surface area contributed by atoms with Crippen molar-refractivity contribution in [3.8, 4) is 5.75 Å². The number of nitrogens with one attached hydrogen (secondary N) is 3. The van der Waals surface area contributed by atoms with Gasteiger partial charge in [0.05, 0.1) is 19.4 Å². The molecule has 1 aromatic carbocycles. The van der Waals surface area contributed by atoms with Gasteiger partial charge in [0.15, 0.2) is 6.23 Å². The number of amides is 10. The number of aliphatic hydroxyl groups excluding tert-OH is 1. The normalized spacial score (nSPS) is 17.3. The van der Waals surface area contributed by atoms with Crippen molar-refractivity contribution in [1.82, 2.24) is 36.2 Å². The molecule has 30 nitrogen and oxygen atoms in total. The van der Waals surface area contributed by atoms with Gasteiger partial charge in [-0.05, 0) is 49.4 Å². The number of hydrogen-bond acceptors (Lipinski definition) is 21. The molecule has 4 aliphatic rings. The second-order valence-electron chi connectivity index (χ2n) is 16.1. The van der Waals surface area contributed by atoms with Crippen LogP contribution < -0.4 is 20.7 Å². The second kappa shape index (κ2) is 25.9. The zero-order valence-electron chi connectivity index (χ0n) is 38.2. The lowest BCUT2D eigenvalue weighted by Crippen LogP contribution is -2.46. The maximum absolute atomic E-state index is 14.0. The van der Waals surface area contributed by atoms with Crippen molar-refractivity contribution in [2.45, 2.75) is 121 Å². The van der Waals surface area contributed by atoms with E-state index >= 15 is 0 Å². The first-order chi connectivity index (χ1) is 34.3. The maximum atomic E-state index is 14.0. The molecule has 0 spiro atoms. The fourth-order valence-corrected chi connectivity index (χ4v) is 6.93. The van der Waals surface area contributed by atoms with Crippen LogP contribution in [0.5, 0.6) is 5.75 Å². The summed E-state index contributed by atoms with van der Waals surface area (Å²) in [5, 5.41) is 21.6. The molecule has 1 aromatic rings. The van der Waals surface area contributed by atoms with Crippen molar-refractivity contribution in [3.05, 3.63) is 39.8 Å². The summed E-state index contributed by atoms with van der Waals surface area (Å²) >= 11 is 0. The summed E-state index contributed by atoms with van der Waals surface area (Å²) < 4.78 is 5.75. The van der Waals surface area contributed by atoms with Gasteiger partial charge in [-0.3, -0.25) is 47.9 Å². The van der Waals surface area contributed by atoms with Gasteiger partial charge in [0.25, 0.3) is 53.2 Å². The van der Waals surface area contributed by atoms with Crippen molar-refractivity contribution in [2.24, 2.45) is 5.11 Å². The Bertz CT molecular complexity index is 2390. The first kappa shape index (κ1) is 54.4. The van der Waals surface area contributed by atoms with E-state index in [9.17, 15) is 72.2 Å². The first-order valence-corrected chi connectivity index (χ1v) is 22.4. The third-order valence-electron chi connectivity index (χ3n) is 10.7. The van der Waals surface area contributed by atoms with Gasteiger partial charge in [-0.2, -0.15) is 0 Å². The largest absolute Gasteiger partial charge is 0.492 e. The highest BCUT2D eigenvalue weighted by Gasteiger charge is 2.39. The molecular formula is C42H48N10O20. The highest BCUT2D eigenvalue weighted by molar-refractivity contribution is 6.05. The number of nitrogens with zero attached hydrogens (tertiary/aromatic N) is 7. The summed E-state index contributed by atoms with van der Waals surface area (Å²) in [6, 6.07) is -0.718. The van der Waals surface area contributed by atoms with Crippen molar-refractivity contribution in [1.29, 1.82) is 0 Å². The average Bonchev–Trinajstić information content (AvgIpc) is 4.06. The van der Waals surface area contributed by atoms with E-state index in [1.165, 1.54) is 0 Å². The number of imide groups is 3. The number of aliphatic hydroxyl groups is 1. The standard InChI is InChI=1S/C42H48N10O20/c43-48-45-17-3-1-2-4-28(53)44-18-19-68-25-21-23(39(64)46-26(41(66)71-51-33(58)11-12-34(51)59)5-15-37(62)69-49-29(54)7-8-30(49)55)20-24(22-25)40(65)47-27(42(67)72-52-35(60)13-14-36(52)61)6-16-38(63)70-50-31(56)9-10-32(50)57/h20-22,26-27,29,54H,1-19H2,(H,44,53)(H,46,64)(H,47,65). The van der Waals surface area contributed by atoms with E-state index in [1.54, 1.807) is 0 Å². The maximum Gasteiger partial charge on any atom is 0.355 e. The highest BCUT2D eigenvalue weighted by Crippen LogP contribution is 2.22. The predicted molar refractivity (Wildman–Crippen MR) is 228 cm³/mol. The molecule has 5 rings (SSSR count). The Hall–Kier alpha value is -8.53. The van der Waals surface area contributed by atoms with Gasteiger partial charge in [0.2, 0.25) is 5.91 Å². The number of azide groups is 1. The van der Waals surface area contributed by atoms with Crippen LogP contribution in [0.2, 0.25) is 0 Å². The van der Waals surface area contributed by atoms with Crippen LogP contribution in [0.25, 0.3) is 10.4 Å². The van der Waals surface area contributed by atoms with Crippen molar-refractivity contribution < 1.29 is 96.3 Å². The average molecular weight is 1010 g/mol. The number of rotatable bonds is 26. The molecule has 10 amide bonds. The van der Waals surface area contributed by atoms with Gasteiger partial charge < -0.3 is 45.1 Å². The Morgan fingerprint density at radius 2 is 1.10 bits per heavy atom. The molecule has 4 heterocycles. The van der Waals surface area contributed by atoms with Gasteiger partial charge in [-0.25, -0.2) is 19.2 Å². The lowest BCUT2D eigenvalue weighted by molar-refractivity contribution is -0.220. The van der Waals surface area contributed by atoms with Crippen LogP contribution in [0.4, 0.5) is 0 Å². The van der Waals surface area contributed by atoms with Crippen LogP contribution in [0.15, 0.2) is 23.3 Å². The molecule has 386 valence electrons. The number of benzene rings is 1. The summed E-state index contributed by atoms with van der Waals surface area (Å²) in [5.41, 5.74) is 7.45. The van der Waals surface area contributed by atoms with E-state index in [4.69, 9.17) is 29.6 Å². The smallest absolute Gasteiger partial charge is 0.355 e. The number of hydrogen-bond donors (Lipinski definition) is 4. The molecule has 0 aliphatic carbocycles. The minimum absolute atomic E-state index is 0.0418. The highest BCUT2D eigenvalue weighted by atomic mass is 16.7. The van der Waals surface area contributed by atoms with E-state index in [-0.39, 0.29) is 104 Å². The van der Waals surface area contributed by atoms with E-state index in [0.29, 0.717) is 24.3 Å². The third-order valence-corrected chi connectivity index (χ3v) is 10.7. The minimum atomic E-state index is -1.89. The first-order valence-electron chi connectivity index (χ1n) is 22.4. The molecule has 30 heteroatoms. The molecule has 4 fully saturated rings. The predicted octanol–water partition coefficient (Wildman–Crippen LogP) is -0.970. The lowest BCUT2D eigenvalue weighted by Gasteiger charge is -2.22. The fourth-order valence-electron chi connectivity index (χ4n) is 6.93. The van der Waals surface area contributed by atoms with E-state index in [0.717, 1.165) is 18.2 Å². The molecule has 0 aromatic heterocycles. The summed E-state index contributed by atoms with van der Waals surface area (Å²) in [7, 11) is 0. The van der Waals surface area contributed by atoms with Crippen LogP contribution >= 0.6 is 0 Å². The molecule has 0 bridgehead atoms. The molecule has 0 radical (unpaired) electrons. The third kappa shape index (κ3) is 15.5.